The van der Waals surface area contributed by atoms with Crippen molar-refractivity contribution >= 4 is 28.0 Å². The molecule has 5 nitrogen and oxygen atoms in total. The van der Waals surface area contributed by atoms with Gasteiger partial charge in [0.2, 0.25) is 0 Å². The largest absolute Gasteiger partial charge is 0.411 e. The monoisotopic (exact) mass is 358 g/mol. The molecule has 0 spiro atoms. The Bertz CT molecular complexity index is 1040. The van der Waals surface area contributed by atoms with E-state index >= 15 is 0 Å². The average molecular weight is 358 g/mol. The maximum Gasteiger partial charge on any atom is 0.141 e. The summed E-state index contributed by atoms with van der Waals surface area (Å²) in [5.74, 6) is -0.590. The van der Waals surface area contributed by atoms with Gasteiger partial charge in [0.05, 0.1) is 6.21 Å². The Kier molecular flexibility index (Phi) is 6.08. The third-order valence-electron chi connectivity index (χ3n) is 3.86. The molecule has 0 saturated carbocycles. The van der Waals surface area contributed by atoms with Gasteiger partial charge in [-0.05, 0) is 30.3 Å². The normalized spacial score (nSPS) is 10.7. The number of hydrogen-bond acceptors (Lipinski definition) is 3. The summed E-state index contributed by atoms with van der Waals surface area (Å²) in [5, 5.41) is 12.2. The molecule has 26 heavy (non-hydrogen) atoms. The van der Waals surface area contributed by atoms with Gasteiger partial charge in [-0.25, -0.2) is 8.78 Å². The van der Waals surface area contributed by atoms with Gasteiger partial charge in [-0.3, -0.25) is 0 Å². The van der Waals surface area contributed by atoms with Crippen molar-refractivity contribution in [1.29, 1.82) is 0 Å². The van der Waals surface area contributed by atoms with Gasteiger partial charge in [0.15, 0.2) is 0 Å². The number of H-pyrrole nitrogens is 2. The zero-order chi connectivity index (χ0) is 17.8. The number of hydrogen-bond donors (Lipinski definition) is 4. The van der Waals surface area contributed by atoms with Gasteiger partial charge in [0.1, 0.15) is 11.6 Å². The molecule has 0 atom stereocenters. The summed E-state index contributed by atoms with van der Waals surface area (Å²) in [5.41, 5.74) is 7.73. The van der Waals surface area contributed by atoms with Crippen LogP contribution in [-0.2, 0) is 6.54 Å². The first-order valence-corrected chi connectivity index (χ1v) is 7.53. The number of oxime groups is 1. The lowest BCUT2D eigenvalue weighted by Gasteiger charge is -1.99. The molecule has 0 aliphatic heterocycles. The number of halogens is 2. The quantitative estimate of drug-likeness (QED) is 0.241. The number of nitrogens with zero attached hydrogens (tertiary/aromatic N) is 1. The molecular weight excluding hydrogens is 338 g/mol. The molecule has 7 heteroatoms. The Hall–Kier alpha value is -3.19. The first-order valence-electron chi connectivity index (χ1n) is 7.53. The fraction of sp³-hybridized carbons (Fsp3) is 0.105. The van der Waals surface area contributed by atoms with Crippen molar-refractivity contribution < 1.29 is 14.0 Å². The smallest absolute Gasteiger partial charge is 0.141 e. The summed E-state index contributed by atoms with van der Waals surface area (Å²) in [7, 11) is 0. The van der Waals surface area contributed by atoms with E-state index in [1.165, 1.54) is 0 Å². The molecular formula is C19H20F2N4O. The van der Waals surface area contributed by atoms with Crippen LogP contribution in [0.5, 0.6) is 0 Å². The predicted molar refractivity (Wildman–Crippen MR) is 101 cm³/mol. The van der Waals surface area contributed by atoms with Crippen molar-refractivity contribution in [2.45, 2.75) is 14.0 Å². The molecule has 136 valence electrons. The molecule has 4 aromatic rings. The summed E-state index contributed by atoms with van der Waals surface area (Å²) < 4.78 is 26.9. The highest BCUT2D eigenvalue weighted by Gasteiger charge is 2.06. The van der Waals surface area contributed by atoms with Crippen molar-refractivity contribution in [3.63, 3.8) is 0 Å². The Balaban J connectivity index is 0.000000180. The van der Waals surface area contributed by atoms with Gasteiger partial charge in [-0.1, -0.05) is 18.6 Å². The molecule has 0 aliphatic rings. The maximum absolute atomic E-state index is 13.5. The number of nitrogens with two attached hydrogens (primary N) is 1. The number of nitrogens with one attached hydrogen (secondary N) is 2. The lowest BCUT2D eigenvalue weighted by atomic mass is 10.1. The van der Waals surface area contributed by atoms with Crippen LogP contribution in [0.3, 0.4) is 0 Å². The molecule has 2 aromatic carbocycles. The third-order valence-corrected chi connectivity index (χ3v) is 3.86. The van der Waals surface area contributed by atoms with Gasteiger partial charge in [0, 0.05) is 51.9 Å². The number of benzene rings is 2. The van der Waals surface area contributed by atoms with E-state index < -0.39 is 0 Å². The van der Waals surface area contributed by atoms with E-state index in [0.29, 0.717) is 16.3 Å². The summed E-state index contributed by atoms with van der Waals surface area (Å²) in [6.07, 6.45) is 4.45. The summed E-state index contributed by atoms with van der Waals surface area (Å²) in [4.78, 5) is 5.81. The first-order chi connectivity index (χ1) is 12.2. The van der Waals surface area contributed by atoms with Gasteiger partial charge in [0.25, 0.3) is 0 Å². The highest BCUT2D eigenvalue weighted by atomic mass is 19.1. The highest BCUT2D eigenvalue weighted by Crippen LogP contribution is 2.19. The predicted octanol–water partition coefficient (Wildman–Crippen LogP) is 4.52. The van der Waals surface area contributed by atoms with E-state index in [1.54, 1.807) is 42.7 Å². The Labute approximate surface area is 149 Å². The second-order valence-corrected chi connectivity index (χ2v) is 5.33. The molecule has 0 bridgehead atoms. The van der Waals surface area contributed by atoms with Gasteiger partial charge >= 0.3 is 0 Å². The van der Waals surface area contributed by atoms with Crippen LogP contribution in [0.15, 0.2) is 53.9 Å². The molecule has 2 heterocycles. The van der Waals surface area contributed by atoms with Crippen LogP contribution in [0, 0.1) is 11.6 Å². The molecule has 0 aliphatic carbocycles. The maximum atomic E-state index is 13.5. The molecule has 0 fully saturated rings. The fourth-order valence-corrected chi connectivity index (χ4v) is 2.57. The Morgan fingerprint density at radius 3 is 2.08 bits per heavy atom. The number of aromatic nitrogens is 2. The van der Waals surface area contributed by atoms with Crippen LogP contribution >= 0.6 is 0 Å². The van der Waals surface area contributed by atoms with Gasteiger partial charge in [-0.15, -0.1) is 0 Å². The van der Waals surface area contributed by atoms with Crippen LogP contribution in [0.25, 0.3) is 21.8 Å². The Morgan fingerprint density at radius 1 is 0.923 bits per heavy atom. The van der Waals surface area contributed by atoms with E-state index in [4.69, 9.17) is 10.9 Å². The summed E-state index contributed by atoms with van der Waals surface area (Å²) in [6.45, 7) is 0.243. The lowest BCUT2D eigenvalue weighted by molar-refractivity contribution is 0.321. The highest BCUT2D eigenvalue weighted by molar-refractivity contribution is 5.89. The van der Waals surface area contributed by atoms with E-state index in [0.717, 1.165) is 17.2 Å². The minimum Gasteiger partial charge on any atom is -0.411 e. The van der Waals surface area contributed by atoms with Crippen molar-refractivity contribution in [2.75, 3.05) is 0 Å². The van der Waals surface area contributed by atoms with E-state index in [1.807, 2.05) is 6.07 Å². The van der Waals surface area contributed by atoms with E-state index in [2.05, 4.69) is 15.1 Å². The first kappa shape index (κ1) is 19.1. The molecule has 0 radical (unpaired) electrons. The van der Waals surface area contributed by atoms with Gasteiger partial charge < -0.3 is 20.9 Å². The van der Waals surface area contributed by atoms with Gasteiger partial charge in [-0.2, -0.15) is 0 Å². The molecule has 4 rings (SSSR count). The fourth-order valence-electron chi connectivity index (χ4n) is 2.57. The standard InChI is InChI=1S/C9H7FN2O.C9H9FN2.CH4/c10-9-6(5-12-13)1-2-8-7(9)3-4-11-8;10-9-6(5-11)1-2-8-7(9)3-4-12-8;/h1-5,11,13H;1-4,12H,5,11H2;1H4/b12-5+;;. The van der Waals surface area contributed by atoms with Crippen molar-refractivity contribution in [2.24, 2.45) is 10.9 Å². The minimum atomic E-state index is -0.378. The zero-order valence-corrected chi connectivity index (χ0v) is 13.1. The number of rotatable bonds is 2. The second kappa shape index (κ2) is 8.26. The van der Waals surface area contributed by atoms with Crippen LogP contribution in [-0.4, -0.2) is 21.4 Å². The van der Waals surface area contributed by atoms with Crippen LogP contribution in [0.2, 0.25) is 0 Å². The molecule has 0 unspecified atom stereocenters. The van der Waals surface area contributed by atoms with Crippen molar-refractivity contribution in [3.05, 3.63) is 71.6 Å². The lowest BCUT2D eigenvalue weighted by Crippen LogP contribution is -1.99. The molecule has 0 amide bonds. The number of aromatic amines is 2. The van der Waals surface area contributed by atoms with Crippen LogP contribution < -0.4 is 5.73 Å². The summed E-state index contributed by atoms with van der Waals surface area (Å²) >= 11 is 0. The SMILES string of the molecule is C.NCc1ccc2[nH]ccc2c1F.O/N=C/c1ccc2[nH]ccc2c1F. The topological polar surface area (TPSA) is 90.2 Å². The van der Waals surface area contributed by atoms with Crippen LogP contribution in [0.1, 0.15) is 18.6 Å². The van der Waals surface area contributed by atoms with E-state index in [-0.39, 0.29) is 31.2 Å². The average Bonchev–Trinajstić information content (AvgIpc) is 3.28. The molecule has 0 saturated heterocycles. The van der Waals surface area contributed by atoms with Crippen molar-refractivity contribution in [3.8, 4) is 0 Å². The zero-order valence-electron chi connectivity index (χ0n) is 13.1. The molecule has 5 N–H and O–H groups in total. The summed E-state index contributed by atoms with van der Waals surface area (Å²) in [6, 6.07) is 10.2. The van der Waals surface area contributed by atoms with E-state index in [9.17, 15) is 8.78 Å². The third kappa shape index (κ3) is 3.57. The minimum absolute atomic E-state index is 0. The van der Waals surface area contributed by atoms with Crippen molar-refractivity contribution in [1.82, 2.24) is 9.97 Å². The molecule has 2 aromatic heterocycles. The van der Waals surface area contributed by atoms with Crippen LogP contribution in [0.4, 0.5) is 8.78 Å². The Morgan fingerprint density at radius 2 is 1.50 bits per heavy atom. The number of fused-ring (bicyclic) bond motifs is 2. The second-order valence-electron chi connectivity index (χ2n) is 5.33.